The second-order valence-corrected chi connectivity index (χ2v) is 6.36. The summed E-state index contributed by atoms with van der Waals surface area (Å²) in [5.74, 6) is 0.255. The lowest BCUT2D eigenvalue weighted by Crippen LogP contribution is -2.50. The Kier molecular flexibility index (Phi) is 5.48. The van der Waals surface area contributed by atoms with E-state index in [0.717, 1.165) is 51.9 Å². The number of nitrogens with one attached hydrogen (secondary N) is 1. The zero-order valence-corrected chi connectivity index (χ0v) is 13.5. The lowest BCUT2D eigenvalue weighted by Gasteiger charge is -2.37. The van der Waals surface area contributed by atoms with Crippen LogP contribution in [0.3, 0.4) is 0 Å². The van der Waals surface area contributed by atoms with Crippen LogP contribution in [-0.2, 0) is 11.3 Å². The van der Waals surface area contributed by atoms with Crippen LogP contribution in [0, 0.1) is 0 Å². The lowest BCUT2D eigenvalue weighted by atomic mass is 10.1. The molecule has 2 heterocycles. The van der Waals surface area contributed by atoms with Crippen LogP contribution in [-0.4, -0.2) is 67.6 Å². The smallest absolute Gasteiger partial charge is 0.255 e. The molecule has 0 saturated carbocycles. The highest BCUT2D eigenvalue weighted by molar-refractivity contribution is 5.75. The number of ether oxygens (including phenoxy) is 1. The second kappa shape index (κ2) is 7.77. The van der Waals surface area contributed by atoms with Crippen molar-refractivity contribution in [1.29, 1.82) is 0 Å². The van der Waals surface area contributed by atoms with E-state index in [4.69, 9.17) is 10.5 Å². The molecule has 3 N–H and O–H groups in total. The quantitative estimate of drug-likeness (QED) is 0.774. The highest BCUT2D eigenvalue weighted by Crippen LogP contribution is 2.17. The summed E-state index contributed by atoms with van der Waals surface area (Å²) in [5, 5.41) is 3.44. The Labute approximate surface area is 137 Å². The van der Waals surface area contributed by atoms with Gasteiger partial charge >= 0.3 is 0 Å². The van der Waals surface area contributed by atoms with E-state index < -0.39 is 5.91 Å². The fourth-order valence-electron chi connectivity index (χ4n) is 3.38. The van der Waals surface area contributed by atoms with Crippen molar-refractivity contribution in [3.05, 3.63) is 29.8 Å². The van der Waals surface area contributed by atoms with Gasteiger partial charge in [-0.1, -0.05) is 12.1 Å². The van der Waals surface area contributed by atoms with E-state index in [9.17, 15) is 4.79 Å². The zero-order chi connectivity index (χ0) is 16.1. The molecule has 23 heavy (non-hydrogen) atoms. The molecule has 6 heteroatoms. The van der Waals surface area contributed by atoms with Gasteiger partial charge in [0.25, 0.3) is 5.91 Å². The number of amides is 1. The minimum absolute atomic E-state index is 0.0719. The standard InChI is InChI=1S/C17H26N4O2/c18-17(22)13-23-16-3-1-2-14(10-16)12-20-6-8-21(9-7-20)15-4-5-19-11-15/h1-3,10,15,19H,4-9,11-13H2,(H2,18,22). The molecule has 2 aliphatic rings. The SMILES string of the molecule is NC(=O)COc1cccc(CN2CCN(C3CCNC3)CC2)c1. The Balaban J connectivity index is 1.48. The zero-order valence-electron chi connectivity index (χ0n) is 13.5. The van der Waals surface area contributed by atoms with Crippen LogP contribution >= 0.6 is 0 Å². The van der Waals surface area contributed by atoms with Gasteiger partial charge in [0.1, 0.15) is 5.75 Å². The molecule has 1 aromatic rings. The number of piperazine rings is 1. The largest absolute Gasteiger partial charge is 0.484 e. The Bertz CT molecular complexity index is 523. The predicted molar refractivity (Wildman–Crippen MR) is 89.3 cm³/mol. The highest BCUT2D eigenvalue weighted by atomic mass is 16.5. The molecule has 0 aromatic heterocycles. The Morgan fingerprint density at radius 1 is 1.30 bits per heavy atom. The van der Waals surface area contributed by atoms with Crippen LogP contribution in [0.2, 0.25) is 0 Å². The van der Waals surface area contributed by atoms with Crippen molar-refractivity contribution < 1.29 is 9.53 Å². The van der Waals surface area contributed by atoms with Gasteiger partial charge in [0.05, 0.1) is 0 Å². The number of nitrogens with zero attached hydrogens (tertiary/aromatic N) is 2. The third-order valence-electron chi connectivity index (χ3n) is 4.64. The monoisotopic (exact) mass is 318 g/mol. The van der Waals surface area contributed by atoms with Crippen molar-refractivity contribution in [3.63, 3.8) is 0 Å². The molecule has 6 nitrogen and oxygen atoms in total. The molecule has 3 rings (SSSR count). The van der Waals surface area contributed by atoms with Gasteiger partial charge in [-0.05, 0) is 30.7 Å². The molecule has 1 aromatic carbocycles. The molecule has 1 unspecified atom stereocenters. The predicted octanol–water partition coefficient (Wildman–Crippen LogP) is 0.0302. The number of carbonyl (C=O) groups excluding carboxylic acids is 1. The van der Waals surface area contributed by atoms with Gasteiger partial charge in [-0.3, -0.25) is 14.6 Å². The molecule has 1 amide bonds. The third kappa shape index (κ3) is 4.67. The summed E-state index contributed by atoms with van der Waals surface area (Å²) < 4.78 is 5.37. The lowest BCUT2D eigenvalue weighted by molar-refractivity contribution is -0.119. The first-order valence-corrected chi connectivity index (χ1v) is 8.38. The fraction of sp³-hybridized carbons (Fsp3) is 0.588. The van der Waals surface area contributed by atoms with E-state index in [-0.39, 0.29) is 6.61 Å². The van der Waals surface area contributed by atoms with E-state index in [0.29, 0.717) is 5.75 Å². The van der Waals surface area contributed by atoms with Crippen LogP contribution < -0.4 is 15.8 Å². The molecule has 0 spiro atoms. The van der Waals surface area contributed by atoms with Crippen LogP contribution in [0.4, 0.5) is 0 Å². The summed E-state index contributed by atoms with van der Waals surface area (Å²) in [6.45, 7) is 7.63. The summed E-state index contributed by atoms with van der Waals surface area (Å²) in [4.78, 5) is 15.9. The first-order valence-electron chi connectivity index (χ1n) is 8.38. The van der Waals surface area contributed by atoms with Crippen LogP contribution in [0.5, 0.6) is 5.75 Å². The average molecular weight is 318 g/mol. The van der Waals surface area contributed by atoms with Crippen LogP contribution in [0.15, 0.2) is 24.3 Å². The van der Waals surface area contributed by atoms with E-state index in [1.54, 1.807) is 0 Å². The maximum atomic E-state index is 10.8. The van der Waals surface area contributed by atoms with Gasteiger partial charge in [-0.2, -0.15) is 0 Å². The molecule has 0 bridgehead atoms. The first-order chi connectivity index (χ1) is 11.2. The van der Waals surface area contributed by atoms with Gasteiger partial charge in [0.15, 0.2) is 6.61 Å². The Morgan fingerprint density at radius 2 is 2.13 bits per heavy atom. The summed E-state index contributed by atoms with van der Waals surface area (Å²) in [6, 6.07) is 8.65. The Morgan fingerprint density at radius 3 is 2.83 bits per heavy atom. The minimum Gasteiger partial charge on any atom is -0.484 e. The molecule has 126 valence electrons. The summed E-state index contributed by atoms with van der Waals surface area (Å²) in [7, 11) is 0. The van der Waals surface area contributed by atoms with E-state index >= 15 is 0 Å². The van der Waals surface area contributed by atoms with Crippen molar-refractivity contribution >= 4 is 5.91 Å². The molecule has 2 saturated heterocycles. The highest BCUT2D eigenvalue weighted by Gasteiger charge is 2.25. The molecule has 0 aliphatic carbocycles. The third-order valence-corrected chi connectivity index (χ3v) is 4.64. The number of hydrogen-bond acceptors (Lipinski definition) is 5. The summed E-state index contributed by atoms with van der Waals surface area (Å²) in [5.41, 5.74) is 6.32. The van der Waals surface area contributed by atoms with Gasteiger partial charge in [-0.25, -0.2) is 0 Å². The number of carbonyl (C=O) groups is 1. The van der Waals surface area contributed by atoms with Crippen molar-refractivity contribution in [3.8, 4) is 5.75 Å². The molecule has 1 atom stereocenters. The van der Waals surface area contributed by atoms with Crippen molar-refractivity contribution in [2.45, 2.75) is 19.0 Å². The summed E-state index contributed by atoms with van der Waals surface area (Å²) in [6.07, 6.45) is 1.28. The summed E-state index contributed by atoms with van der Waals surface area (Å²) >= 11 is 0. The van der Waals surface area contributed by atoms with Crippen molar-refractivity contribution in [2.24, 2.45) is 5.73 Å². The molecular weight excluding hydrogens is 292 g/mol. The van der Waals surface area contributed by atoms with Crippen molar-refractivity contribution in [1.82, 2.24) is 15.1 Å². The number of rotatable bonds is 6. The number of hydrogen-bond donors (Lipinski definition) is 2. The topological polar surface area (TPSA) is 70.8 Å². The average Bonchev–Trinajstić information content (AvgIpc) is 3.08. The molecule has 2 fully saturated rings. The van der Waals surface area contributed by atoms with Crippen molar-refractivity contribution in [2.75, 3.05) is 45.9 Å². The van der Waals surface area contributed by atoms with E-state index in [2.05, 4.69) is 21.2 Å². The van der Waals surface area contributed by atoms with Gasteiger partial charge in [0, 0.05) is 45.3 Å². The van der Waals surface area contributed by atoms with Gasteiger partial charge in [0.2, 0.25) is 0 Å². The number of nitrogens with two attached hydrogens (primary N) is 1. The number of benzene rings is 1. The Hall–Kier alpha value is -1.63. The second-order valence-electron chi connectivity index (χ2n) is 6.36. The fourth-order valence-corrected chi connectivity index (χ4v) is 3.38. The number of primary amides is 1. The minimum atomic E-state index is -0.451. The van der Waals surface area contributed by atoms with E-state index in [1.807, 2.05) is 18.2 Å². The van der Waals surface area contributed by atoms with Crippen LogP contribution in [0.25, 0.3) is 0 Å². The molecule has 0 radical (unpaired) electrons. The van der Waals surface area contributed by atoms with Gasteiger partial charge < -0.3 is 15.8 Å². The maximum absolute atomic E-state index is 10.8. The normalized spacial score (nSPS) is 23.0. The van der Waals surface area contributed by atoms with E-state index in [1.165, 1.54) is 12.0 Å². The molecule has 2 aliphatic heterocycles. The van der Waals surface area contributed by atoms with Gasteiger partial charge in [-0.15, -0.1) is 0 Å². The maximum Gasteiger partial charge on any atom is 0.255 e. The van der Waals surface area contributed by atoms with Crippen LogP contribution in [0.1, 0.15) is 12.0 Å². The molecular formula is C17H26N4O2. The first kappa shape index (κ1) is 16.2.